The number of rotatable bonds is 3. The van der Waals surface area contributed by atoms with E-state index < -0.39 is 0 Å². The fourth-order valence-corrected chi connectivity index (χ4v) is 0. The zero-order valence-corrected chi connectivity index (χ0v) is 8.58. The molecule has 0 bridgehead atoms. The van der Waals surface area contributed by atoms with Gasteiger partial charge in [0.1, 0.15) is 0 Å². The Kier molecular flexibility index (Phi) is 70.5. The molecule has 84 valence electrons. The molecular weight excluding hydrogens is 183 g/mol. The van der Waals surface area contributed by atoms with Crippen molar-refractivity contribution >= 4 is 17.4 Å². The lowest BCUT2D eigenvalue weighted by atomic mass is 10.5. The Morgan fingerprint density at radius 3 is 0.692 bits per heavy atom. The second-order valence-corrected chi connectivity index (χ2v) is 2.17. The van der Waals surface area contributed by atoms with Crippen LogP contribution in [0.4, 0.5) is 0 Å². The van der Waals surface area contributed by atoms with E-state index >= 15 is 0 Å². The van der Waals surface area contributed by atoms with Gasteiger partial charge in [0.05, 0.1) is 0 Å². The molecule has 0 amide bonds. The average Bonchev–Trinajstić information content (AvgIpc) is 2.18. The molecule has 0 fully saturated rings. The first-order valence-electron chi connectivity index (χ1n) is 4.57. The van der Waals surface area contributed by atoms with Gasteiger partial charge < -0.3 is 15.3 Å². The standard InChI is InChI=1S/3C3H8O.Al.3H/c3*1-2-3-4;;;;/h3*4H,2-3H2,1H3;;;;. The SMILES string of the molecule is CCCO.CCCO.CCCO.[AlH3]. The predicted molar refractivity (Wildman–Crippen MR) is 62.1 cm³/mol. The van der Waals surface area contributed by atoms with Crippen LogP contribution < -0.4 is 0 Å². The van der Waals surface area contributed by atoms with Crippen molar-refractivity contribution in [1.82, 2.24) is 0 Å². The van der Waals surface area contributed by atoms with Crippen LogP contribution in [0.1, 0.15) is 40.0 Å². The smallest absolute Gasteiger partial charge is 0.187 e. The molecule has 3 N–H and O–H groups in total. The Bertz CT molecular complexity index is 30.3. The highest BCUT2D eigenvalue weighted by molar-refractivity contribution is 5.75. The van der Waals surface area contributed by atoms with Crippen LogP contribution in [0.2, 0.25) is 0 Å². The number of aliphatic hydroxyl groups excluding tert-OH is 3. The van der Waals surface area contributed by atoms with Crippen LogP contribution in [0, 0.1) is 0 Å². The summed E-state index contributed by atoms with van der Waals surface area (Å²) in [4.78, 5) is 0. The van der Waals surface area contributed by atoms with Crippen molar-refractivity contribution in [2.45, 2.75) is 40.0 Å². The molecule has 0 aliphatic carbocycles. The van der Waals surface area contributed by atoms with Gasteiger partial charge in [-0.15, -0.1) is 0 Å². The molecule has 0 rings (SSSR count). The van der Waals surface area contributed by atoms with Crippen LogP contribution in [0.25, 0.3) is 0 Å². The molecule has 0 aliphatic rings. The van der Waals surface area contributed by atoms with Crippen molar-refractivity contribution in [3.8, 4) is 0 Å². The summed E-state index contributed by atoms with van der Waals surface area (Å²) in [5.41, 5.74) is 0. The van der Waals surface area contributed by atoms with E-state index in [1.807, 2.05) is 20.8 Å². The minimum atomic E-state index is 0. The van der Waals surface area contributed by atoms with Gasteiger partial charge in [0.15, 0.2) is 17.4 Å². The van der Waals surface area contributed by atoms with Crippen molar-refractivity contribution in [2.24, 2.45) is 0 Å². The maximum absolute atomic E-state index is 7.88. The van der Waals surface area contributed by atoms with Crippen LogP contribution in [0.3, 0.4) is 0 Å². The van der Waals surface area contributed by atoms with Gasteiger partial charge in [0.2, 0.25) is 0 Å². The zero-order valence-electron chi connectivity index (χ0n) is 8.58. The summed E-state index contributed by atoms with van der Waals surface area (Å²) in [6.07, 6.45) is 2.62. The second-order valence-electron chi connectivity index (χ2n) is 2.17. The van der Waals surface area contributed by atoms with Crippen LogP contribution in [0.15, 0.2) is 0 Å². The first-order chi connectivity index (χ1) is 5.74. The first kappa shape index (κ1) is 23.3. The van der Waals surface area contributed by atoms with Gasteiger partial charge in [0, 0.05) is 19.8 Å². The Morgan fingerprint density at radius 2 is 0.692 bits per heavy atom. The van der Waals surface area contributed by atoms with Gasteiger partial charge in [0.25, 0.3) is 0 Å². The third-order valence-electron chi connectivity index (χ3n) is 0.671. The highest BCUT2D eigenvalue weighted by Crippen LogP contribution is 1.62. The molecule has 0 aromatic heterocycles. The molecule has 3 nitrogen and oxygen atoms in total. The molecule has 0 saturated heterocycles. The lowest BCUT2D eigenvalue weighted by Crippen LogP contribution is -1.69. The second kappa shape index (κ2) is 39.3. The van der Waals surface area contributed by atoms with E-state index in [1.165, 1.54) is 0 Å². The Hall–Kier alpha value is 0.412. The van der Waals surface area contributed by atoms with Crippen LogP contribution in [0.5, 0.6) is 0 Å². The van der Waals surface area contributed by atoms with Crippen molar-refractivity contribution in [3.05, 3.63) is 0 Å². The molecule has 0 spiro atoms. The van der Waals surface area contributed by atoms with E-state index in [4.69, 9.17) is 15.3 Å². The Labute approximate surface area is 92.9 Å². The minimum absolute atomic E-state index is 0. The van der Waals surface area contributed by atoms with Gasteiger partial charge in [-0.05, 0) is 19.3 Å². The quantitative estimate of drug-likeness (QED) is 0.574. The number of hydrogen-bond donors (Lipinski definition) is 3. The molecule has 0 aromatic rings. The molecular formula is C9H27AlO3. The highest BCUT2D eigenvalue weighted by Gasteiger charge is 1.58. The van der Waals surface area contributed by atoms with Crippen molar-refractivity contribution in [3.63, 3.8) is 0 Å². The van der Waals surface area contributed by atoms with Crippen LogP contribution in [-0.4, -0.2) is 52.5 Å². The van der Waals surface area contributed by atoms with Crippen LogP contribution in [-0.2, 0) is 0 Å². The molecule has 0 unspecified atom stereocenters. The predicted octanol–water partition coefficient (Wildman–Crippen LogP) is -0.0178. The van der Waals surface area contributed by atoms with E-state index in [1.54, 1.807) is 0 Å². The van der Waals surface area contributed by atoms with Gasteiger partial charge in [-0.25, -0.2) is 0 Å². The molecule has 4 heteroatoms. The zero-order chi connectivity index (χ0) is 10.2. The fourth-order valence-electron chi connectivity index (χ4n) is 0. The highest BCUT2D eigenvalue weighted by atomic mass is 27.0. The van der Waals surface area contributed by atoms with E-state index in [2.05, 4.69) is 0 Å². The topological polar surface area (TPSA) is 60.7 Å². The lowest BCUT2D eigenvalue weighted by molar-refractivity contribution is 0.294. The first-order valence-corrected chi connectivity index (χ1v) is 4.57. The maximum atomic E-state index is 7.88. The molecule has 0 radical (unpaired) electrons. The molecule has 0 saturated carbocycles. The van der Waals surface area contributed by atoms with Crippen molar-refractivity contribution in [1.29, 1.82) is 0 Å². The fraction of sp³-hybridized carbons (Fsp3) is 1.00. The molecule has 0 aliphatic heterocycles. The van der Waals surface area contributed by atoms with E-state index in [0.717, 1.165) is 19.3 Å². The van der Waals surface area contributed by atoms with Crippen molar-refractivity contribution in [2.75, 3.05) is 19.8 Å². The normalized spacial score (nSPS) is 6.92. The molecule has 0 atom stereocenters. The minimum Gasteiger partial charge on any atom is -0.396 e. The van der Waals surface area contributed by atoms with E-state index in [9.17, 15) is 0 Å². The maximum Gasteiger partial charge on any atom is 0.187 e. The summed E-state index contributed by atoms with van der Waals surface area (Å²) < 4.78 is 0. The van der Waals surface area contributed by atoms with E-state index in [0.29, 0.717) is 19.8 Å². The summed E-state index contributed by atoms with van der Waals surface area (Å²) in [5, 5.41) is 23.6. The average molecular weight is 210 g/mol. The summed E-state index contributed by atoms with van der Waals surface area (Å²) >= 11 is 0. The van der Waals surface area contributed by atoms with Crippen LogP contribution >= 0.6 is 0 Å². The van der Waals surface area contributed by atoms with Crippen molar-refractivity contribution < 1.29 is 15.3 Å². The largest absolute Gasteiger partial charge is 0.396 e. The van der Waals surface area contributed by atoms with Gasteiger partial charge in [-0.2, -0.15) is 0 Å². The lowest BCUT2D eigenvalue weighted by Gasteiger charge is -1.69. The Balaban J connectivity index is -0.0000000450. The van der Waals surface area contributed by atoms with Gasteiger partial charge in [-0.3, -0.25) is 0 Å². The molecule has 0 aromatic carbocycles. The number of aliphatic hydroxyl groups is 3. The third kappa shape index (κ3) is 116. The van der Waals surface area contributed by atoms with Gasteiger partial charge in [-0.1, -0.05) is 20.8 Å². The summed E-state index contributed by atoms with van der Waals surface area (Å²) in [7, 11) is 0. The summed E-state index contributed by atoms with van der Waals surface area (Å²) in [6, 6.07) is 0. The third-order valence-corrected chi connectivity index (χ3v) is 0.671. The summed E-state index contributed by atoms with van der Waals surface area (Å²) in [5.74, 6) is 0. The monoisotopic (exact) mass is 210 g/mol. The van der Waals surface area contributed by atoms with Gasteiger partial charge >= 0.3 is 0 Å². The molecule has 13 heavy (non-hydrogen) atoms. The van der Waals surface area contributed by atoms with E-state index in [-0.39, 0.29) is 17.4 Å². The molecule has 0 heterocycles. The summed E-state index contributed by atoms with van der Waals surface area (Å²) in [6.45, 7) is 6.75. The Morgan fingerprint density at radius 1 is 0.615 bits per heavy atom. The number of hydrogen-bond acceptors (Lipinski definition) is 3.